The Morgan fingerprint density at radius 1 is 1.40 bits per heavy atom. The highest BCUT2D eigenvalue weighted by molar-refractivity contribution is 7.89. The first-order valence-corrected chi connectivity index (χ1v) is 8.06. The maximum atomic E-state index is 12.3. The second-order valence-electron chi connectivity index (χ2n) is 5.05. The maximum absolute atomic E-state index is 12.3. The summed E-state index contributed by atoms with van der Waals surface area (Å²) in [5.74, 6) is 0. The lowest BCUT2D eigenvalue weighted by Crippen LogP contribution is -2.52. The Kier molecular flexibility index (Phi) is 7.17. The molecule has 0 spiro atoms. The molecular formula is C12H25ClN4O2S. The first-order valence-electron chi connectivity index (χ1n) is 6.58. The lowest BCUT2D eigenvalue weighted by molar-refractivity contribution is 0.363. The minimum Gasteiger partial charge on any atom is -0.329 e. The Morgan fingerprint density at radius 2 is 1.95 bits per heavy atom. The van der Waals surface area contributed by atoms with Gasteiger partial charge in [0.05, 0.1) is 6.20 Å². The van der Waals surface area contributed by atoms with Gasteiger partial charge in [0.15, 0.2) is 0 Å². The predicted molar refractivity (Wildman–Crippen MR) is 82.5 cm³/mol. The van der Waals surface area contributed by atoms with E-state index in [0.717, 1.165) is 0 Å². The second-order valence-corrected chi connectivity index (χ2v) is 6.73. The van der Waals surface area contributed by atoms with Crippen LogP contribution in [0.2, 0.25) is 0 Å². The maximum Gasteiger partial charge on any atom is 0.244 e. The molecule has 0 aliphatic carbocycles. The normalized spacial score (nSPS) is 12.5. The van der Waals surface area contributed by atoms with Crippen LogP contribution in [-0.2, 0) is 10.0 Å². The Balaban J connectivity index is 0.00000361. The molecule has 0 aliphatic rings. The van der Waals surface area contributed by atoms with Gasteiger partial charge in [0, 0.05) is 24.3 Å². The smallest absolute Gasteiger partial charge is 0.244 e. The van der Waals surface area contributed by atoms with Gasteiger partial charge in [-0.3, -0.25) is 4.68 Å². The standard InChI is InChI=1S/C12H24N4O2S.ClH/c1-5-12(6-2,9-13)15-19(17,18)11-7-14-16(8-11)10(3)4;/h7-8,10,15H,5-6,9,13H2,1-4H3;1H. The first-order chi connectivity index (χ1) is 8.80. The molecule has 0 radical (unpaired) electrons. The number of nitrogens with one attached hydrogen (secondary N) is 1. The zero-order valence-electron chi connectivity index (χ0n) is 12.5. The molecule has 0 aromatic carbocycles. The molecular weight excluding hydrogens is 300 g/mol. The number of rotatable bonds is 7. The van der Waals surface area contributed by atoms with Gasteiger partial charge in [0.2, 0.25) is 10.0 Å². The van der Waals surface area contributed by atoms with Gasteiger partial charge >= 0.3 is 0 Å². The molecule has 1 rings (SSSR count). The Labute approximate surface area is 127 Å². The van der Waals surface area contributed by atoms with Crippen molar-refractivity contribution in [3.8, 4) is 0 Å². The van der Waals surface area contributed by atoms with Crippen molar-refractivity contribution in [2.24, 2.45) is 5.73 Å². The highest BCUT2D eigenvalue weighted by Gasteiger charge is 2.31. The molecule has 1 aromatic rings. The quantitative estimate of drug-likeness (QED) is 0.798. The van der Waals surface area contributed by atoms with Crippen LogP contribution in [0.3, 0.4) is 0 Å². The highest BCUT2D eigenvalue weighted by atomic mass is 35.5. The fourth-order valence-corrected chi connectivity index (χ4v) is 3.30. The molecule has 1 heterocycles. The molecule has 0 amide bonds. The van der Waals surface area contributed by atoms with Crippen LogP contribution in [0.4, 0.5) is 0 Å². The predicted octanol–water partition coefficient (Wildman–Crippen LogP) is 1.68. The molecule has 0 atom stereocenters. The highest BCUT2D eigenvalue weighted by Crippen LogP contribution is 2.19. The van der Waals surface area contributed by atoms with Gasteiger partial charge in [-0.25, -0.2) is 13.1 Å². The zero-order chi connectivity index (χ0) is 14.7. The molecule has 3 N–H and O–H groups in total. The fraction of sp³-hybridized carbons (Fsp3) is 0.750. The van der Waals surface area contributed by atoms with Gasteiger partial charge in [-0.1, -0.05) is 13.8 Å². The number of nitrogens with two attached hydrogens (primary N) is 1. The van der Waals surface area contributed by atoms with E-state index in [-0.39, 0.29) is 29.9 Å². The fourth-order valence-electron chi connectivity index (χ4n) is 1.81. The van der Waals surface area contributed by atoms with E-state index in [9.17, 15) is 8.42 Å². The second kappa shape index (κ2) is 7.40. The molecule has 20 heavy (non-hydrogen) atoms. The van der Waals surface area contributed by atoms with Crippen molar-refractivity contribution in [3.05, 3.63) is 12.4 Å². The summed E-state index contributed by atoms with van der Waals surface area (Å²) in [5, 5.41) is 4.06. The van der Waals surface area contributed by atoms with Gasteiger partial charge in [-0.05, 0) is 26.7 Å². The summed E-state index contributed by atoms with van der Waals surface area (Å²) < 4.78 is 29.0. The summed E-state index contributed by atoms with van der Waals surface area (Å²) in [6.07, 6.45) is 4.21. The monoisotopic (exact) mass is 324 g/mol. The van der Waals surface area contributed by atoms with E-state index in [0.29, 0.717) is 12.8 Å². The van der Waals surface area contributed by atoms with Crippen LogP contribution < -0.4 is 10.5 Å². The minimum absolute atomic E-state index is 0. The third-order valence-corrected chi connectivity index (χ3v) is 5.05. The van der Waals surface area contributed by atoms with Gasteiger partial charge < -0.3 is 5.73 Å². The average Bonchev–Trinajstić information content (AvgIpc) is 2.86. The van der Waals surface area contributed by atoms with E-state index in [1.54, 1.807) is 10.9 Å². The molecule has 0 saturated carbocycles. The molecule has 8 heteroatoms. The lowest BCUT2D eigenvalue weighted by atomic mass is 9.95. The van der Waals surface area contributed by atoms with E-state index in [2.05, 4.69) is 9.82 Å². The molecule has 0 bridgehead atoms. The topological polar surface area (TPSA) is 90.0 Å². The van der Waals surface area contributed by atoms with Crippen LogP contribution in [-0.4, -0.2) is 30.3 Å². The summed E-state index contributed by atoms with van der Waals surface area (Å²) in [6.45, 7) is 8.02. The van der Waals surface area contributed by atoms with Crippen molar-refractivity contribution >= 4 is 22.4 Å². The van der Waals surface area contributed by atoms with E-state index in [1.165, 1.54) is 6.20 Å². The molecule has 0 unspecified atom stereocenters. The third kappa shape index (κ3) is 4.18. The van der Waals surface area contributed by atoms with E-state index in [4.69, 9.17) is 5.73 Å². The number of nitrogens with zero attached hydrogens (tertiary/aromatic N) is 2. The average molecular weight is 325 g/mol. The van der Waals surface area contributed by atoms with Crippen molar-refractivity contribution in [2.75, 3.05) is 6.54 Å². The number of aromatic nitrogens is 2. The van der Waals surface area contributed by atoms with Crippen LogP contribution in [0, 0.1) is 0 Å². The summed E-state index contributed by atoms with van der Waals surface area (Å²) in [7, 11) is -3.58. The van der Waals surface area contributed by atoms with Gasteiger partial charge in [-0.2, -0.15) is 5.10 Å². The Hall–Kier alpha value is -0.630. The summed E-state index contributed by atoms with van der Waals surface area (Å²) >= 11 is 0. The van der Waals surface area contributed by atoms with Gasteiger partial charge in [0.25, 0.3) is 0 Å². The van der Waals surface area contributed by atoms with Crippen LogP contribution in [0.25, 0.3) is 0 Å². The van der Waals surface area contributed by atoms with E-state index < -0.39 is 15.6 Å². The SMILES string of the molecule is CCC(CC)(CN)NS(=O)(=O)c1cnn(C(C)C)c1.Cl. The first kappa shape index (κ1) is 19.4. The number of hydrogen-bond donors (Lipinski definition) is 2. The summed E-state index contributed by atoms with van der Waals surface area (Å²) in [5.41, 5.74) is 5.14. The Morgan fingerprint density at radius 3 is 2.30 bits per heavy atom. The van der Waals surface area contributed by atoms with Crippen LogP contribution in [0.5, 0.6) is 0 Å². The lowest BCUT2D eigenvalue weighted by Gasteiger charge is -2.30. The van der Waals surface area contributed by atoms with Crippen LogP contribution in [0.15, 0.2) is 17.3 Å². The molecule has 1 aromatic heterocycles. The summed E-state index contributed by atoms with van der Waals surface area (Å²) in [6, 6.07) is 0.126. The van der Waals surface area contributed by atoms with E-state index >= 15 is 0 Å². The molecule has 0 saturated heterocycles. The third-order valence-electron chi connectivity index (χ3n) is 3.51. The molecule has 6 nitrogen and oxygen atoms in total. The molecule has 0 fully saturated rings. The van der Waals surface area contributed by atoms with Crippen LogP contribution in [0.1, 0.15) is 46.6 Å². The van der Waals surface area contributed by atoms with E-state index in [1.807, 2.05) is 27.7 Å². The van der Waals surface area contributed by atoms with Crippen LogP contribution >= 0.6 is 12.4 Å². The van der Waals surface area contributed by atoms with Crippen molar-refractivity contribution in [2.45, 2.75) is 57.0 Å². The van der Waals surface area contributed by atoms with Crippen molar-refractivity contribution < 1.29 is 8.42 Å². The number of hydrogen-bond acceptors (Lipinski definition) is 4. The largest absolute Gasteiger partial charge is 0.329 e. The number of halogens is 1. The zero-order valence-corrected chi connectivity index (χ0v) is 14.1. The van der Waals surface area contributed by atoms with Gasteiger partial charge in [-0.15, -0.1) is 12.4 Å². The minimum atomic E-state index is -3.58. The van der Waals surface area contributed by atoms with Crippen molar-refractivity contribution in [1.82, 2.24) is 14.5 Å². The van der Waals surface area contributed by atoms with Gasteiger partial charge in [0.1, 0.15) is 4.90 Å². The Bertz CT molecular complexity index is 501. The van der Waals surface area contributed by atoms with Crippen molar-refractivity contribution in [1.29, 1.82) is 0 Å². The summed E-state index contributed by atoms with van der Waals surface area (Å²) in [4.78, 5) is 0.181. The van der Waals surface area contributed by atoms with Crippen molar-refractivity contribution in [3.63, 3.8) is 0 Å². The molecule has 0 aliphatic heterocycles. The molecule has 118 valence electrons. The number of sulfonamides is 1.